The Bertz CT molecular complexity index is 894. The number of carbonyl (C=O) groups excluding carboxylic acids is 1. The Kier molecular flexibility index (Phi) is 5.12. The van der Waals surface area contributed by atoms with Crippen LogP contribution in [0.25, 0.3) is 11.6 Å². The van der Waals surface area contributed by atoms with Gasteiger partial charge in [-0.3, -0.25) is 4.79 Å². The van der Waals surface area contributed by atoms with Gasteiger partial charge in [-0.1, -0.05) is 0 Å². The van der Waals surface area contributed by atoms with E-state index in [9.17, 15) is 4.79 Å². The molecule has 0 aliphatic carbocycles. The number of fused-ring (bicyclic) bond motifs is 1. The molecule has 0 fully saturated rings. The summed E-state index contributed by atoms with van der Waals surface area (Å²) in [6.45, 7) is 0. The monoisotopic (exact) mass is 371 g/mol. The minimum Gasteiger partial charge on any atom is -0.493 e. The molecule has 2 aromatic rings. The van der Waals surface area contributed by atoms with Gasteiger partial charge in [-0.25, -0.2) is 0 Å². The molecule has 7 heteroatoms. The molecule has 1 heterocycles. The molecule has 7 nitrogen and oxygen atoms in total. The van der Waals surface area contributed by atoms with E-state index < -0.39 is 0 Å². The number of benzene rings is 2. The molecule has 1 aliphatic rings. The second-order valence-corrected chi connectivity index (χ2v) is 5.72. The highest BCUT2D eigenvalue weighted by atomic mass is 16.5. The maximum Gasteiger partial charge on any atom is 0.256 e. The van der Waals surface area contributed by atoms with Gasteiger partial charge in [-0.05, 0) is 29.8 Å². The predicted octanol–water partition coefficient (Wildman–Crippen LogP) is 3.22. The van der Waals surface area contributed by atoms with Gasteiger partial charge in [0.05, 0.1) is 41.2 Å². The molecule has 0 unspecified atom stereocenters. The Morgan fingerprint density at radius 2 is 1.30 bits per heavy atom. The summed E-state index contributed by atoms with van der Waals surface area (Å²) in [7, 11) is 7.73. The maximum atomic E-state index is 12.5. The molecule has 3 rings (SSSR count). The second kappa shape index (κ2) is 7.49. The summed E-state index contributed by atoms with van der Waals surface area (Å²) >= 11 is 0. The van der Waals surface area contributed by atoms with Crippen molar-refractivity contribution in [2.75, 3.05) is 40.9 Å². The quantitative estimate of drug-likeness (QED) is 0.786. The van der Waals surface area contributed by atoms with E-state index in [1.807, 2.05) is 0 Å². The van der Waals surface area contributed by atoms with E-state index in [0.29, 0.717) is 40.0 Å². The van der Waals surface area contributed by atoms with E-state index in [1.54, 1.807) is 65.9 Å². The van der Waals surface area contributed by atoms with Gasteiger partial charge in [-0.15, -0.1) is 0 Å². The summed E-state index contributed by atoms with van der Waals surface area (Å²) < 4.78 is 26.7. The summed E-state index contributed by atoms with van der Waals surface area (Å²) in [6.07, 6.45) is 1.76. The fourth-order valence-corrected chi connectivity index (χ4v) is 3.01. The van der Waals surface area contributed by atoms with Crippen LogP contribution in [0.1, 0.15) is 11.1 Å². The number of rotatable bonds is 6. The number of methoxy groups -OCH3 is 5. The van der Waals surface area contributed by atoms with Crippen LogP contribution >= 0.6 is 0 Å². The number of amides is 1. The predicted molar refractivity (Wildman–Crippen MR) is 102 cm³/mol. The Labute approximate surface area is 157 Å². The lowest BCUT2D eigenvalue weighted by atomic mass is 10.0. The van der Waals surface area contributed by atoms with Crippen molar-refractivity contribution in [1.82, 2.24) is 0 Å². The van der Waals surface area contributed by atoms with Crippen LogP contribution in [0.4, 0.5) is 5.69 Å². The third kappa shape index (κ3) is 3.23. The van der Waals surface area contributed by atoms with Crippen molar-refractivity contribution in [1.29, 1.82) is 0 Å². The highest BCUT2D eigenvalue weighted by molar-refractivity contribution is 6.35. The molecule has 1 N–H and O–H groups in total. The van der Waals surface area contributed by atoms with Crippen LogP contribution in [-0.2, 0) is 4.79 Å². The van der Waals surface area contributed by atoms with E-state index in [2.05, 4.69) is 5.32 Å². The molecule has 142 valence electrons. The van der Waals surface area contributed by atoms with Gasteiger partial charge in [0.2, 0.25) is 5.75 Å². The minimum absolute atomic E-state index is 0.214. The number of anilines is 1. The summed E-state index contributed by atoms with van der Waals surface area (Å²) in [5, 5.41) is 2.84. The molecule has 0 aromatic heterocycles. The highest BCUT2D eigenvalue weighted by Crippen LogP contribution is 2.43. The normalized spacial score (nSPS) is 13.8. The minimum atomic E-state index is -0.214. The zero-order valence-corrected chi connectivity index (χ0v) is 15.8. The van der Waals surface area contributed by atoms with E-state index in [1.165, 1.54) is 0 Å². The lowest BCUT2D eigenvalue weighted by Gasteiger charge is -2.13. The molecular weight excluding hydrogens is 350 g/mol. The molecule has 0 radical (unpaired) electrons. The average molecular weight is 371 g/mol. The molecule has 2 aromatic carbocycles. The van der Waals surface area contributed by atoms with Gasteiger partial charge in [-0.2, -0.15) is 0 Å². The fraction of sp³-hybridized carbons (Fsp3) is 0.250. The fourth-order valence-electron chi connectivity index (χ4n) is 3.01. The zero-order chi connectivity index (χ0) is 19.6. The van der Waals surface area contributed by atoms with E-state index in [-0.39, 0.29) is 5.91 Å². The standard InChI is InChI=1S/C20H21NO6/c1-23-15-9-12-13(20(22)21-14(12)10-16(15)24-2)6-11-7-17(25-3)19(27-5)18(8-11)26-4/h6-10H,1-5H3,(H,21,22). The van der Waals surface area contributed by atoms with Crippen molar-refractivity contribution in [3.63, 3.8) is 0 Å². The van der Waals surface area contributed by atoms with Crippen LogP contribution in [0, 0.1) is 0 Å². The number of carbonyl (C=O) groups is 1. The Hall–Kier alpha value is -3.35. The smallest absolute Gasteiger partial charge is 0.256 e. The van der Waals surface area contributed by atoms with Crippen molar-refractivity contribution in [3.8, 4) is 28.7 Å². The molecular formula is C20H21NO6. The van der Waals surface area contributed by atoms with Gasteiger partial charge in [0.1, 0.15) is 0 Å². The first kappa shape index (κ1) is 18.4. The lowest BCUT2D eigenvalue weighted by Crippen LogP contribution is -2.03. The topological polar surface area (TPSA) is 75.2 Å². The molecule has 1 aliphatic heterocycles. The third-order valence-corrected chi connectivity index (χ3v) is 4.30. The largest absolute Gasteiger partial charge is 0.493 e. The summed E-state index contributed by atoms with van der Waals surface area (Å²) in [6, 6.07) is 7.07. The third-order valence-electron chi connectivity index (χ3n) is 4.30. The molecule has 0 saturated carbocycles. The number of hydrogen-bond acceptors (Lipinski definition) is 6. The number of nitrogens with one attached hydrogen (secondary N) is 1. The van der Waals surface area contributed by atoms with Crippen LogP contribution in [0.3, 0.4) is 0 Å². The summed E-state index contributed by atoms with van der Waals surface area (Å²) in [5.41, 5.74) is 2.63. The summed E-state index contributed by atoms with van der Waals surface area (Å²) in [5.74, 6) is 2.39. The van der Waals surface area contributed by atoms with E-state index >= 15 is 0 Å². The van der Waals surface area contributed by atoms with Crippen LogP contribution in [0.2, 0.25) is 0 Å². The molecule has 0 spiro atoms. The lowest BCUT2D eigenvalue weighted by molar-refractivity contribution is -0.110. The van der Waals surface area contributed by atoms with Crippen molar-refractivity contribution in [2.45, 2.75) is 0 Å². The van der Waals surface area contributed by atoms with Gasteiger partial charge in [0.25, 0.3) is 5.91 Å². The average Bonchev–Trinajstić information content (AvgIpc) is 3.00. The first-order chi connectivity index (χ1) is 13.1. The SMILES string of the molecule is COc1cc2c(cc1OC)C(=Cc1cc(OC)c(OC)c(OC)c1)C(=O)N2. The van der Waals surface area contributed by atoms with Crippen LogP contribution in [0.15, 0.2) is 24.3 Å². The van der Waals surface area contributed by atoms with Crippen molar-refractivity contribution in [3.05, 3.63) is 35.4 Å². The van der Waals surface area contributed by atoms with Crippen molar-refractivity contribution in [2.24, 2.45) is 0 Å². The number of ether oxygens (including phenoxy) is 5. The molecule has 0 atom stereocenters. The first-order valence-corrected chi connectivity index (χ1v) is 8.15. The van der Waals surface area contributed by atoms with Gasteiger partial charge in [0.15, 0.2) is 23.0 Å². The van der Waals surface area contributed by atoms with Crippen molar-refractivity contribution >= 4 is 23.2 Å². The van der Waals surface area contributed by atoms with Gasteiger partial charge in [0, 0.05) is 17.2 Å². The Morgan fingerprint density at radius 3 is 1.81 bits per heavy atom. The Balaban J connectivity index is 2.13. The maximum absolute atomic E-state index is 12.5. The second-order valence-electron chi connectivity index (χ2n) is 5.72. The Morgan fingerprint density at radius 1 is 0.741 bits per heavy atom. The van der Waals surface area contributed by atoms with Gasteiger partial charge < -0.3 is 29.0 Å². The molecule has 1 amide bonds. The molecule has 0 saturated heterocycles. The number of hydrogen-bond donors (Lipinski definition) is 1. The first-order valence-electron chi connectivity index (χ1n) is 8.15. The van der Waals surface area contributed by atoms with Crippen LogP contribution in [0.5, 0.6) is 28.7 Å². The van der Waals surface area contributed by atoms with Crippen molar-refractivity contribution < 1.29 is 28.5 Å². The van der Waals surface area contributed by atoms with E-state index in [4.69, 9.17) is 23.7 Å². The van der Waals surface area contributed by atoms with Crippen LogP contribution < -0.4 is 29.0 Å². The van der Waals surface area contributed by atoms with Crippen LogP contribution in [-0.4, -0.2) is 41.5 Å². The molecule has 0 bridgehead atoms. The zero-order valence-electron chi connectivity index (χ0n) is 15.8. The highest BCUT2D eigenvalue weighted by Gasteiger charge is 2.27. The summed E-state index contributed by atoms with van der Waals surface area (Å²) in [4.78, 5) is 12.5. The van der Waals surface area contributed by atoms with E-state index in [0.717, 1.165) is 11.1 Å². The molecule has 27 heavy (non-hydrogen) atoms. The van der Waals surface area contributed by atoms with Gasteiger partial charge >= 0.3 is 0 Å².